The maximum atomic E-state index is 14.0. The van der Waals surface area contributed by atoms with Crippen molar-refractivity contribution < 1.29 is 33.4 Å². The summed E-state index contributed by atoms with van der Waals surface area (Å²) in [5.41, 5.74) is 5.74. The van der Waals surface area contributed by atoms with Gasteiger partial charge in [0.2, 0.25) is 11.8 Å². The molecule has 3 saturated heterocycles. The number of hydrogen-bond donors (Lipinski definition) is 4. The number of methoxy groups -OCH3 is 2. The number of nitrogens with one attached hydrogen (secondary N) is 4. The number of hydrogen-bond acceptors (Lipinski definition) is 11. The van der Waals surface area contributed by atoms with Crippen molar-refractivity contribution in [2.45, 2.75) is 76.5 Å². The lowest BCUT2D eigenvalue weighted by Gasteiger charge is -2.34. The van der Waals surface area contributed by atoms with Gasteiger partial charge < -0.3 is 44.6 Å². The highest BCUT2D eigenvalue weighted by Gasteiger charge is 2.41. The van der Waals surface area contributed by atoms with Crippen LogP contribution in [0.2, 0.25) is 0 Å². The van der Waals surface area contributed by atoms with Crippen molar-refractivity contribution in [3.63, 3.8) is 0 Å². The summed E-state index contributed by atoms with van der Waals surface area (Å²) in [7, 11) is 2.59. The molecule has 320 valence electrons. The molecule has 8 rings (SSSR count). The number of nitrogens with zero attached hydrogens (tertiary/aromatic N) is 6. The summed E-state index contributed by atoms with van der Waals surface area (Å²) in [6.45, 7) is 6.04. The lowest BCUT2D eigenvalue weighted by atomic mass is 9.90. The molecule has 0 unspecified atom stereocenters. The minimum absolute atomic E-state index is 0.0392. The van der Waals surface area contributed by atoms with Crippen LogP contribution in [0.3, 0.4) is 0 Å². The molecule has 4 aromatic heterocycles. The molecule has 1 aromatic carbocycles. The first kappa shape index (κ1) is 41.4. The number of ether oxygens (including phenoxy) is 3. The van der Waals surface area contributed by atoms with Crippen LogP contribution < -0.4 is 10.6 Å². The SMILES string of the molecule is COC(=O)N[C@H](C(=O)N1CCC[C@H]1c1ncc(-c2ccc(-c3ccc4cc(-c5c[nH]c([C@@H]6CCCN6C(=O)[C@@H](NC(=O)OC)C6CCOCC6)n5)cnc4c3)cn2)[nH]1)C(C)C. The first-order chi connectivity index (χ1) is 29.6. The van der Waals surface area contributed by atoms with Gasteiger partial charge in [-0.1, -0.05) is 32.0 Å². The number of H-pyrrole nitrogens is 2. The van der Waals surface area contributed by atoms with Gasteiger partial charge in [0.05, 0.1) is 55.1 Å². The van der Waals surface area contributed by atoms with Crippen LogP contribution >= 0.6 is 0 Å². The molecule has 0 saturated carbocycles. The summed E-state index contributed by atoms with van der Waals surface area (Å²) in [6.07, 6.45) is 10.5. The van der Waals surface area contributed by atoms with Gasteiger partial charge in [-0.15, -0.1) is 0 Å². The Kier molecular flexibility index (Phi) is 12.3. The van der Waals surface area contributed by atoms with Gasteiger partial charge in [-0.25, -0.2) is 19.6 Å². The highest BCUT2D eigenvalue weighted by Crippen LogP contribution is 2.36. The van der Waals surface area contributed by atoms with Crippen LogP contribution in [0.15, 0.2) is 61.2 Å². The second kappa shape index (κ2) is 18.1. The Morgan fingerprint density at radius 3 is 2.15 bits per heavy atom. The smallest absolute Gasteiger partial charge is 0.407 e. The average molecular weight is 833 g/mol. The summed E-state index contributed by atoms with van der Waals surface area (Å²) < 4.78 is 15.1. The van der Waals surface area contributed by atoms with E-state index in [1.807, 2.05) is 61.5 Å². The summed E-state index contributed by atoms with van der Waals surface area (Å²) in [5, 5.41) is 6.44. The van der Waals surface area contributed by atoms with E-state index in [1.165, 1.54) is 14.2 Å². The second-order valence-electron chi connectivity index (χ2n) is 16.2. The van der Waals surface area contributed by atoms with E-state index in [0.717, 1.165) is 70.4 Å². The van der Waals surface area contributed by atoms with Gasteiger partial charge in [-0.3, -0.25) is 19.6 Å². The number of aromatic nitrogens is 6. The Bertz CT molecular complexity index is 2370. The topological polar surface area (TPSA) is 210 Å². The Morgan fingerprint density at radius 1 is 0.754 bits per heavy atom. The van der Waals surface area contributed by atoms with Crippen LogP contribution in [0.4, 0.5) is 9.59 Å². The third-order valence-corrected chi connectivity index (χ3v) is 12.1. The van der Waals surface area contributed by atoms with Gasteiger partial charge >= 0.3 is 12.2 Å². The molecular weight excluding hydrogens is 781 g/mol. The summed E-state index contributed by atoms with van der Waals surface area (Å²) in [6, 6.07) is 10.2. The van der Waals surface area contributed by atoms with Crippen molar-refractivity contribution >= 4 is 34.9 Å². The Balaban J connectivity index is 0.936. The fourth-order valence-corrected chi connectivity index (χ4v) is 8.76. The van der Waals surface area contributed by atoms with E-state index in [2.05, 4.69) is 31.7 Å². The predicted molar refractivity (Wildman–Crippen MR) is 225 cm³/mol. The summed E-state index contributed by atoms with van der Waals surface area (Å²) in [5.74, 6) is 0.928. The normalized spacial score (nSPS) is 19.2. The van der Waals surface area contributed by atoms with Crippen LogP contribution in [0.5, 0.6) is 0 Å². The number of imidazole rings is 2. The standard InChI is InChI=1S/C44H52N10O7/c1-25(2)37(51-43(57)59-3)41(55)53-15-5-8-36(53)40-48-24-34(50-40)31-12-11-29(21-45-31)27-9-10-28-19-30(22-46-32(28)20-27)33-23-47-39(49-33)35-7-6-16-54(35)42(56)38(52-44(58)60-4)26-13-17-61-18-14-26/h9-12,19-26,35-38H,5-8,13-18H2,1-4H3,(H,47,49)(H,48,50)(H,51,57)(H,52,58)/t35-,36-,37-,38-/m0/s1. The molecular formula is C44H52N10O7. The summed E-state index contributed by atoms with van der Waals surface area (Å²) >= 11 is 0. The van der Waals surface area contributed by atoms with Crippen molar-refractivity contribution in [3.05, 3.63) is 72.8 Å². The molecule has 7 heterocycles. The number of aromatic amines is 2. The number of amides is 4. The van der Waals surface area contributed by atoms with E-state index in [0.29, 0.717) is 50.8 Å². The first-order valence-electron chi connectivity index (χ1n) is 21.0. The van der Waals surface area contributed by atoms with Gasteiger partial charge in [0, 0.05) is 61.4 Å². The van der Waals surface area contributed by atoms with Gasteiger partial charge in [0.25, 0.3) is 0 Å². The molecule has 4 atom stereocenters. The van der Waals surface area contributed by atoms with Crippen LogP contribution in [0, 0.1) is 11.8 Å². The largest absolute Gasteiger partial charge is 0.453 e. The number of likely N-dealkylation sites (tertiary alicyclic amines) is 2. The van der Waals surface area contributed by atoms with Crippen LogP contribution in [0.1, 0.15) is 76.1 Å². The van der Waals surface area contributed by atoms with E-state index >= 15 is 0 Å². The highest BCUT2D eigenvalue weighted by atomic mass is 16.5. The van der Waals surface area contributed by atoms with E-state index in [-0.39, 0.29) is 35.7 Å². The van der Waals surface area contributed by atoms with E-state index in [4.69, 9.17) is 29.2 Å². The Labute approximate surface area is 353 Å². The van der Waals surface area contributed by atoms with E-state index in [9.17, 15) is 19.2 Å². The average Bonchev–Trinajstić information content (AvgIpc) is 4.14. The van der Waals surface area contributed by atoms with Crippen molar-refractivity contribution in [3.8, 4) is 33.8 Å². The predicted octanol–water partition coefficient (Wildman–Crippen LogP) is 5.94. The van der Waals surface area contributed by atoms with Gasteiger partial charge in [0.15, 0.2) is 0 Å². The zero-order chi connectivity index (χ0) is 42.6. The molecule has 17 heteroatoms. The van der Waals surface area contributed by atoms with Crippen molar-refractivity contribution in [2.75, 3.05) is 40.5 Å². The number of fused-ring (bicyclic) bond motifs is 1. The van der Waals surface area contributed by atoms with Crippen molar-refractivity contribution in [1.29, 1.82) is 0 Å². The molecule has 4 N–H and O–H groups in total. The molecule has 3 aliphatic rings. The maximum absolute atomic E-state index is 14.0. The molecule has 4 amide bonds. The Morgan fingerprint density at radius 2 is 1.44 bits per heavy atom. The highest BCUT2D eigenvalue weighted by molar-refractivity contribution is 5.88. The lowest BCUT2D eigenvalue weighted by molar-refractivity contribution is -0.137. The molecule has 3 fully saturated rings. The molecule has 3 aliphatic heterocycles. The van der Waals surface area contributed by atoms with Crippen molar-refractivity contribution in [1.82, 2.24) is 50.3 Å². The zero-order valence-electron chi connectivity index (χ0n) is 34.8. The molecule has 0 radical (unpaired) electrons. The van der Waals surface area contributed by atoms with Crippen LogP contribution in [-0.4, -0.2) is 116 Å². The third-order valence-electron chi connectivity index (χ3n) is 12.1. The Hall–Kier alpha value is -6.36. The number of pyridine rings is 2. The fourth-order valence-electron chi connectivity index (χ4n) is 8.76. The molecule has 0 aliphatic carbocycles. The zero-order valence-corrected chi connectivity index (χ0v) is 34.8. The minimum Gasteiger partial charge on any atom is -0.453 e. The third kappa shape index (κ3) is 8.78. The monoisotopic (exact) mass is 832 g/mol. The molecule has 61 heavy (non-hydrogen) atoms. The number of rotatable bonds is 11. The van der Waals surface area contributed by atoms with Gasteiger partial charge in [-0.05, 0) is 74.1 Å². The van der Waals surface area contributed by atoms with Crippen LogP contribution in [-0.2, 0) is 23.8 Å². The maximum Gasteiger partial charge on any atom is 0.407 e. The quantitative estimate of drug-likeness (QED) is 0.123. The molecule has 17 nitrogen and oxygen atoms in total. The van der Waals surface area contributed by atoms with Gasteiger partial charge in [-0.2, -0.15) is 0 Å². The first-order valence-corrected chi connectivity index (χ1v) is 21.0. The lowest BCUT2D eigenvalue weighted by Crippen LogP contribution is -2.53. The fraction of sp³-hybridized carbons (Fsp3) is 0.455. The van der Waals surface area contributed by atoms with Gasteiger partial charge in [0.1, 0.15) is 23.7 Å². The minimum atomic E-state index is -0.705. The van der Waals surface area contributed by atoms with Crippen molar-refractivity contribution in [2.24, 2.45) is 11.8 Å². The number of benzene rings is 1. The number of alkyl carbamates (subject to hydrolysis) is 2. The van der Waals surface area contributed by atoms with Crippen LogP contribution in [0.25, 0.3) is 44.7 Å². The number of carbonyl (C=O) groups excluding carboxylic acids is 4. The molecule has 0 spiro atoms. The second-order valence-corrected chi connectivity index (χ2v) is 16.2. The molecule has 0 bridgehead atoms. The van der Waals surface area contributed by atoms with E-state index in [1.54, 1.807) is 17.3 Å². The summed E-state index contributed by atoms with van der Waals surface area (Å²) in [4.78, 5) is 81.2. The van der Waals surface area contributed by atoms with E-state index < -0.39 is 24.3 Å². The number of carbonyl (C=O) groups is 4. The molecule has 5 aromatic rings.